The van der Waals surface area contributed by atoms with Gasteiger partial charge in [0.15, 0.2) is 0 Å². The zero-order chi connectivity index (χ0) is 27.0. The van der Waals surface area contributed by atoms with Crippen molar-refractivity contribution in [3.8, 4) is 23.0 Å². The van der Waals surface area contributed by atoms with Gasteiger partial charge in [0.25, 0.3) is 0 Å². The van der Waals surface area contributed by atoms with Crippen LogP contribution < -0.4 is 18.9 Å². The molecule has 0 amide bonds. The molecule has 0 saturated carbocycles. The third kappa shape index (κ3) is 12.6. The van der Waals surface area contributed by atoms with E-state index in [2.05, 4.69) is 48.5 Å². The van der Waals surface area contributed by atoms with E-state index in [1.54, 1.807) is 28.4 Å². The van der Waals surface area contributed by atoms with Crippen LogP contribution in [-0.2, 0) is 40.3 Å². The molecule has 1 radical (unpaired) electrons. The maximum absolute atomic E-state index is 5.16. The Morgan fingerprint density at radius 3 is 0.692 bits per heavy atom. The van der Waals surface area contributed by atoms with Crippen molar-refractivity contribution in [1.82, 2.24) is 0 Å². The van der Waals surface area contributed by atoms with Crippen molar-refractivity contribution >= 4 is 41.8 Å². The molecule has 0 saturated heterocycles. The van der Waals surface area contributed by atoms with E-state index in [4.69, 9.17) is 18.9 Å². The number of ether oxygens (including phenoxy) is 4. The maximum Gasteiger partial charge on any atom is 0 e. The smallest absolute Gasteiger partial charge is 0 e. The van der Waals surface area contributed by atoms with E-state index >= 15 is 0 Å². The molecule has 4 aromatic carbocycles. The van der Waals surface area contributed by atoms with Crippen LogP contribution in [0.4, 0.5) is 0 Å². The standard InChI is InChI=1S/2C16H18O2Te.Au/c2*1-17-15-7-3-13(4-8-15)11-19-12-14-5-9-16(18-2)10-6-14;/h2*3-10H,11-12H2,1-2H3;. The Morgan fingerprint density at radius 1 is 0.359 bits per heavy atom. The van der Waals surface area contributed by atoms with Crippen molar-refractivity contribution < 1.29 is 41.3 Å². The summed E-state index contributed by atoms with van der Waals surface area (Å²) in [6, 6.07) is 33.6. The van der Waals surface area contributed by atoms with Gasteiger partial charge in [-0.2, -0.15) is 0 Å². The quantitative estimate of drug-likeness (QED) is 0.159. The average Bonchev–Trinajstić information content (AvgIpc) is 2.99. The largest absolute Gasteiger partial charge is 0 e. The van der Waals surface area contributed by atoms with Gasteiger partial charge in [-0.15, -0.1) is 0 Å². The summed E-state index contributed by atoms with van der Waals surface area (Å²) in [7, 11) is 6.81. The molecule has 7 heteroatoms. The molecule has 39 heavy (non-hydrogen) atoms. The molecule has 0 aromatic heterocycles. The summed E-state index contributed by atoms with van der Waals surface area (Å²) in [5.74, 6) is 3.72. The molecule has 0 aliphatic carbocycles. The Bertz CT molecular complexity index is 991. The van der Waals surface area contributed by atoms with Gasteiger partial charge in [0.2, 0.25) is 0 Å². The van der Waals surface area contributed by atoms with Gasteiger partial charge in [0, 0.05) is 22.4 Å². The SMILES string of the molecule is COc1ccc(C[Te]Cc2ccc(OC)cc2)cc1.COc1ccc(C[Te]Cc2ccc(OC)cc2)cc1.[Au]. The Morgan fingerprint density at radius 2 is 0.538 bits per heavy atom. The molecule has 0 aliphatic rings. The number of hydrogen-bond donors (Lipinski definition) is 0. The monoisotopic (exact) mass is 941 g/mol. The summed E-state index contributed by atoms with van der Waals surface area (Å²) in [5, 5.41) is 0. The zero-order valence-electron chi connectivity index (χ0n) is 22.8. The van der Waals surface area contributed by atoms with Crippen LogP contribution in [0.25, 0.3) is 0 Å². The summed E-state index contributed by atoms with van der Waals surface area (Å²) in [5.41, 5.74) is 5.65. The molecule has 0 fully saturated rings. The first-order valence-electron chi connectivity index (χ1n) is 12.3. The molecule has 0 unspecified atom stereocenters. The van der Waals surface area contributed by atoms with Gasteiger partial charge in [0.05, 0.1) is 0 Å². The maximum atomic E-state index is 5.16. The van der Waals surface area contributed by atoms with E-state index < -0.39 is 0 Å². The van der Waals surface area contributed by atoms with Crippen LogP contribution in [0.1, 0.15) is 22.3 Å². The Labute approximate surface area is 269 Å². The van der Waals surface area contributed by atoms with Gasteiger partial charge >= 0.3 is 249 Å². The fraction of sp³-hybridized carbons (Fsp3) is 0.250. The third-order valence-electron chi connectivity index (χ3n) is 5.71. The number of rotatable bonds is 12. The summed E-state index contributed by atoms with van der Waals surface area (Å²) in [6.07, 6.45) is 0. The summed E-state index contributed by atoms with van der Waals surface area (Å²) >= 11 is -0.0473. The van der Waals surface area contributed by atoms with E-state index in [9.17, 15) is 0 Å². The molecule has 0 aliphatic heterocycles. The van der Waals surface area contributed by atoms with Gasteiger partial charge in [-0.05, 0) is 0 Å². The van der Waals surface area contributed by atoms with Crippen LogP contribution in [0.3, 0.4) is 0 Å². The van der Waals surface area contributed by atoms with Crippen molar-refractivity contribution in [3.05, 3.63) is 119 Å². The number of benzene rings is 4. The van der Waals surface area contributed by atoms with E-state index in [1.165, 1.54) is 40.1 Å². The first kappa shape index (κ1) is 33.6. The zero-order valence-corrected chi connectivity index (χ0v) is 29.6. The van der Waals surface area contributed by atoms with E-state index in [0.29, 0.717) is 0 Å². The number of methoxy groups -OCH3 is 4. The molecular formula is C32H36AuO4Te2. The predicted octanol–water partition coefficient (Wildman–Crippen LogP) is 6.21. The number of hydrogen-bond acceptors (Lipinski definition) is 4. The van der Waals surface area contributed by atoms with Gasteiger partial charge in [-0.25, -0.2) is 0 Å². The normalized spacial score (nSPS) is 9.95. The van der Waals surface area contributed by atoms with Crippen molar-refractivity contribution in [3.63, 3.8) is 0 Å². The molecule has 211 valence electrons. The third-order valence-corrected chi connectivity index (χ3v) is 11.8. The first-order valence-corrected chi connectivity index (χ1v) is 18.9. The summed E-state index contributed by atoms with van der Waals surface area (Å²) < 4.78 is 25.5. The van der Waals surface area contributed by atoms with Crippen molar-refractivity contribution in [2.24, 2.45) is 0 Å². The van der Waals surface area contributed by atoms with Gasteiger partial charge in [-0.3, -0.25) is 0 Å². The average molecular weight is 937 g/mol. The Hall–Kier alpha value is -1.60. The van der Waals surface area contributed by atoms with E-state index in [1.807, 2.05) is 48.5 Å². The van der Waals surface area contributed by atoms with Crippen LogP contribution in [0, 0.1) is 0 Å². The Kier molecular flexibility index (Phi) is 16.8. The molecule has 0 N–H and O–H groups in total. The van der Waals surface area contributed by atoms with Crippen LogP contribution >= 0.6 is 0 Å². The molecule has 0 spiro atoms. The van der Waals surface area contributed by atoms with Crippen LogP contribution in [-0.4, -0.2) is 70.3 Å². The minimum Gasteiger partial charge on any atom is 0 e. The van der Waals surface area contributed by atoms with Crippen LogP contribution in [0.2, 0.25) is 0 Å². The van der Waals surface area contributed by atoms with Crippen LogP contribution in [0.15, 0.2) is 97.1 Å². The molecule has 4 nitrogen and oxygen atoms in total. The summed E-state index contributed by atoms with van der Waals surface area (Å²) in [4.78, 5) is 0. The van der Waals surface area contributed by atoms with Gasteiger partial charge < -0.3 is 0 Å². The van der Waals surface area contributed by atoms with Crippen molar-refractivity contribution in [2.45, 2.75) is 17.9 Å². The molecule has 0 atom stereocenters. The first-order chi connectivity index (χ1) is 18.6. The fourth-order valence-corrected chi connectivity index (χ4v) is 8.93. The molecule has 4 rings (SSSR count). The van der Waals surface area contributed by atoms with Crippen LogP contribution in [0.5, 0.6) is 23.0 Å². The Balaban J connectivity index is 0.000000267. The van der Waals surface area contributed by atoms with Gasteiger partial charge in [-0.1, -0.05) is 0 Å². The van der Waals surface area contributed by atoms with E-state index in [0.717, 1.165) is 23.0 Å². The second-order valence-electron chi connectivity index (χ2n) is 8.38. The van der Waals surface area contributed by atoms with Crippen molar-refractivity contribution in [1.29, 1.82) is 0 Å². The van der Waals surface area contributed by atoms with Crippen molar-refractivity contribution in [2.75, 3.05) is 28.4 Å². The minimum absolute atomic E-state index is 0. The second kappa shape index (κ2) is 19.5. The molecular weight excluding hydrogens is 901 g/mol. The molecule has 4 aromatic rings. The topological polar surface area (TPSA) is 36.9 Å². The van der Waals surface area contributed by atoms with E-state index in [-0.39, 0.29) is 64.2 Å². The minimum atomic E-state index is -0.0237. The predicted molar refractivity (Wildman–Crippen MR) is 158 cm³/mol. The molecule has 0 heterocycles. The molecule has 0 bridgehead atoms. The van der Waals surface area contributed by atoms with Gasteiger partial charge in [0.1, 0.15) is 0 Å². The second-order valence-corrected chi connectivity index (χ2v) is 14.0. The summed E-state index contributed by atoms with van der Waals surface area (Å²) in [6.45, 7) is 0. The fourth-order valence-electron chi connectivity index (χ4n) is 3.46.